The van der Waals surface area contributed by atoms with Crippen molar-refractivity contribution in [3.05, 3.63) is 88.2 Å². The normalized spacial score (nSPS) is 16.6. The minimum absolute atomic E-state index is 0.0244. The van der Waals surface area contributed by atoms with Gasteiger partial charge < -0.3 is 9.30 Å². The number of hydrogen-bond acceptors (Lipinski definition) is 5. The zero-order chi connectivity index (χ0) is 24.0. The number of carbonyl (C=O) groups is 1. The second kappa shape index (κ2) is 8.46. The standard InChI is InChI=1S/C26H23N5O2S/c1-15-7-5-8-18(11-15)25-29-31-23(27)22(24(32)28-26(31)34-25)13-19-12-16(2)30(17(19)3)20-9-6-10-21(14-20)33-4/h5-14,27H,1-4H3. The number of methoxy groups -OCH3 is 1. The molecule has 2 aromatic carbocycles. The molecule has 8 heteroatoms. The number of hydrazone groups is 1. The number of aryl methyl sites for hydroxylation is 2. The number of benzene rings is 2. The highest BCUT2D eigenvalue weighted by Crippen LogP contribution is 2.32. The summed E-state index contributed by atoms with van der Waals surface area (Å²) in [5.41, 5.74) is 6.04. The van der Waals surface area contributed by atoms with E-state index < -0.39 is 5.91 Å². The number of nitrogens with zero attached hydrogens (tertiary/aromatic N) is 4. The highest BCUT2D eigenvalue weighted by atomic mass is 32.2. The lowest BCUT2D eigenvalue weighted by Gasteiger charge is -2.20. The van der Waals surface area contributed by atoms with Crippen molar-refractivity contribution in [1.82, 2.24) is 9.58 Å². The molecule has 1 amide bonds. The SMILES string of the molecule is COc1cccc(-n2c(C)cc(C=C3C(=N)N4N=C(c5cccc(C)c5)SC4=NC3=O)c2C)c1. The van der Waals surface area contributed by atoms with E-state index in [-0.39, 0.29) is 11.4 Å². The van der Waals surface area contributed by atoms with E-state index in [9.17, 15) is 4.79 Å². The van der Waals surface area contributed by atoms with Gasteiger partial charge in [-0.1, -0.05) is 29.8 Å². The van der Waals surface area contributed by atoms with Crippen molar-refractivity contribution in [3.8, 4) is 11.4 Å². The maximum atomic E-state index is 12.9. The summed E-state index contributed by atoms with van der Waals surface area (Å²) < 4.78 is 7.46. The van der Waals surface area contributed by atoms with E-state index in [0.29, 0.717) is 5.17 Å². The van der Waals surface area contributed by atoms with E-state index in [1.807, 2.05) is 75.4 Å². The first-order valence-corrected chi connectivity index (χ1v) is 11.6. The Balaban J connectivity index is 1.51. The third-order valence-corrected chi connectivity index (χ3v) is 6.76. The Morgan fingerprint density at radius 1 is 1.06 bits per heavy atom. The average molecular weight is 470 g/mol. The van der Waals surface area contributed by atoms with Crippen LogP contribution in [0.25, 0.3) is 11.8 Å². The Morgan fingerprint density at radius 2 is 1.85 bits per heavy atom. The highest BCUT2D eigenvalue weighted by molar-refractivity contribution is 8.27. The second-order valence-electron chi connectivity index (χ2n) is 8.16. The van der Waals surface area contributed by atoms with Crippen molar-refractivity contribution in [2.24, 2.45) is 10.1 Å². The van der Waals surface area contributed by atoms with Crippen LogP contribution >= 0.6 is 11.8 Å². The molecular weight excluding hydrogens is 446 g/mol. The molecule has 1 aromatic heterocycles. The molecule has 0 saturated carbocycles. The highest BCUT2D eigenvalue weighted by Gasteiger charge is 2.36. The lowest BCUT2D eigenvalue weighted by atomic mass is 10.1. The van der Waals surface area contributed by atoms with Crippen molar-refractivity contribution < 1.29 is 9.53 Å². The van der Waals surface area contributed by atoms with Gasteiger partial charge in [-0.2, -0.15) is 15.1 Å². The number of hydrogen-bond donors (Lipinski definition) is 1. The van der Waals surface area contributed by atoms with Crippen LogP contribution in [-0.4, -0.2) is 38.6 Å². The minimum atomic E-state index is -0.435. The molecule has 3 aromatic rings. The van der Waals surface area contributed by atoms with Gasteiger partial charge in [0.1, 0.15) is 10.8 Å². The summed E-state index contributed by atoms with van der Waals surface area (Å²) >= 11 is 1.30. The fourth-order valence-electron chi connectivity index (χ4n) is 4.12. The van der Waals surface area contributed by atoms with Crippen LogP contribution in [0.3, 0.4) is 0 Å². The van der Waals surface area contributed by atoms with Crippen molar-refractivity contribution in [2.45, 2.75) is 20.8 Å². The molecule has 1 N–H and O–H groups in total. The maximum Gasteiger partial charge on any atom is 0.283 e. The smallest absolute Gasteiger partial charge is 0.283 e. The zero-order valence-corrected chi connectivity index (χ0v) is 20.1. The monoisotopic (exact) mass is 469 g/mol. The Kier molecular flexibility index (Phi) is 5.45. The van der Waals surface area contributed by atoms with Crippen LogP contribution in [0.5, 0.6) is 5.75 Å². The summed E-state index contributed by atoms with van der Waals surface area (Å²) in [6, 6.07) is 17.8. The molecule has 0 saturated heterocycles. The maximum absolute atomic E-state index is 12.9. The number of nitrogens with one attached hydrogen (secondary N) is 1. The van der Waals surface area contributed by atoms with Crippen molar-refractivity contribution in [1.29, 1.82) is 5.41 Å². The van der Waals surface area contributed by atoms with E-state index in [1.165, 1.54) is 16.8 Å². The molecule has 0 bridgehead atoms. The Morgan fingerprint density at radius 3 is 2.62 bits per heavy atom. The predicted octanol–water partition coefficient (Wildman–Crippen LogP) is 5.08. The molecule has 0 atom stereocenters. The lowest BCUT2D eigenvalue weighted by Crippen LogP contribution is -2.35. The third-order valence-electron chi connectivity index (χ3n) is 5.80. The van der Waals surface area contributed by atoms with Gasteiger partial charge in [-0.25, -0.2) is 0 Å². The first kappa shape index (κ1) is 21.9. The molecule has 170 valence electrons. The number of aromatic nitrogens is 1. The van der Waals surface area contributed by atoms with Gasteiger partial charge in [0.15, 0.2) is 5.84 Å². The summed E-state index contributed by atoms with van der Waals surface area (Å²) in [7, 11) is 1.64. The lowest BCUT2D eigenvalue weighted by molar-refractivity contribution is -0.114. The number of ether oxygens (including phenoxy) is 1. The van der Waals surface area contributed by atoms with E-state index in [2.05, 4.69) is 14.7 Å². The topological polar surface area (TPSA) is 83.0 Å². The first-order valence-electron chi connectivity index (χ1n) is 10.8. The molecule has 3 heterocycles. The van der Waals surface area contributed by atoms with Crippen LogP contribution in [0.4, 0.5) is 0 Å². The number of carbonyl (C=O) groups excluding carboxylic acids is 1. The fraction of sp³-hybridized carbons (Fsp3) is 0.154. The molecule has 7 nitrogen and oxygen atoms in total. The van der Waals surface area contributed by atoms with Crippen LogP contribution in [0.15, 0.2) is 70.3 Å². The van der Waals surface area contributed by atoms with Crippen molar-refractivity contribution in [3.63, 3.8) is 0 Å². The van der Waals surface area contributed by atoms with Crippen LogP contribution in [0.1, 0.15) is 28.1 Å². The molecule has 0 fully saturated rings. The Hall–Kier alpha value is -3.91. The molecule has 34 heavy (non-hydrogen) atoms. The summed E-state index contributed by atoms with van der Waals surface area (Å²) in [6.07, 6.45) is 1.73. The van der Waals surface area contributed by atoms with Crippen LogP contribution in [0.2, 0.25) is 0 Å². The van der Waals surface area contributed by atoms with Crippen LogP contribution in [-0.2, 0) is 4.79 Å². The number of thioether (sulfide) groups is 1. The molecule has 0 aliphatic carbocycles. The van der Waals surface area contributed by atoms with Gasteiger partial charge in [-0.3, -0.25) is 10.2 Å². The number of amides is 1. The van der Waals surface area contributed by atoms with Crippen LogP contribution in [0, 0.1) is 26.2 Å². The minimum Gasteiger partial charge on any atom is -0.497 e. The second-order valence-corrected chi connectivity index (χ2v) is 9.11. The van der Waals surface area contributed by atoms with Gasteiger partial charge >= 0.3 is 0 Å². The van der Waals surface area contributed by atoms with Gasteiger partial charge in [0.25, 0.3) is 5.91 Å². The Labute approximate surface area is 202 Å². The van der Waals surface area contributed by atoms with E-state index in [1.54, 1.807) is 13.2 Å². The van der Waals surface area contributed by atoms with Crippen LogP contribution < -0.4 is 4.74 Å². The molecule has 2 aliphatic rings. The Bertz CT molecular complexity index is 1450. The zero-order valence-electron chi connectivity index (χ0n) is 19.3. The number of fused-ring (bicyclic) bond motifs is 1. The fourth-order valence-corrected chi connectivity index (χ4v) is 5.01. The van der Waals surface area contributed by atoms with E-state index in [0.717, 1.165) is 44.6 Å². The van der Waals surface area contributed by atoms with E-state index in [4.69, 9.17) is 10.1 Å². The number of aliphatic imine (C=N–C) groups is 1. The van der Waals surface area contributed by atoms with Crippen molar-refractivity contribution >= 4 is 39.8 Å². The van der Waals surface area contributed by atoms with E-state index >= 15 is 0 Å². The van der Waals surface area contributed by atoms with Gasteiger partial charge in [-0.05, 0) is 68.4 Å². The molecule has 5 rings (SSSR count). The molecule has 2 aliphatic heterocycles. The first-order chi connectivity index (χ1) is 16.4. The third kappa shape index (κ3) is 3.76. The molecule has 0 radical (unpaired) electrons. The summed E-state index contributed by atoms with van der Waals surface area (Å²) in [5.74, 6) is 0.358. The molecule has 0 unspecified atom stereocenters. The van der Waals surface area contributed by atoms with Gasteiger partial charge in [-0.15, -0.1) is 0 Å². The van der Waals surface area contributed by atoms with Gasteiger partial charge in [0.2, 0.25) is 5.17 Å². The van der Waals surface area contributed by atoms with Gasteiger partial charge in [0, 0.05) is 28.7 Å². The summed E-state index contributed by atoms with van der Waals surface area (Å²) in [4.78, 5) is 17.1. The molecular formula is C26H23N5O2S. The largest absolute Gasteiger partial charge is 0.497 e. The van der Waals surface area contributed by atoms with Crippen molar-refractivity contribution in [2.75, 3.05) is 7.11 Å². The number of amidine groups is 2. The molecule has 0 spiro atoms. The summed E-state index contributed by atoms with van der Waals surface area (Å²) in [6.45, 7) is 6.02. The quantitative estimate of drug-likeness (QED) is 0.540. The average Bonchev–Trinajstić information content (AvgIpc) is 3.37. The van der Waals surface area contributed by atoms with Gasteiger partial charge in [0.05, 0.1) is 12.7 Å². The summed E-state index contributed by atoms with van der Waals surface area (Å²) in [5, 5.41) is 15.9. The number of rotatable bonds is 4. The predicted molar refractivity (Wildman–Crippen MR) is 137 cm³/mol.